The fourth-order valence-corrected chi connectivity index (χ4v) is 2.72. The van der Waals surface area contributed by atoms with Crippen molar-refractivity contribution in [3.8, 4) is 0 Å². The Morgan fingerprint density at radius 2 is 1.83 bits per heavy atom. The van der Waals surface area contributed by atoms with Gasteiger partial charge in [0.2, 0.25) is 0 Å². The number of rotatable bonds is 4. The molecule has 2 aromatic rings. The number of nitrogens with one attached hydrogen (secondary N) is 1. The molecule has 2 heterocycles. The van der Waals surface area contributed by atoms with Gasteiger partial charge < -0.3 is 15.1 Å². The molecule has 1 saturated heterocycles. The van der Waals surface area contributed by atoms with Crippen LogP contribution in [-0.2, 0) is 6.54 Å². The molecule has 0 saturated carbocycles. The Morgan fingerprint density at radius 1 is 1.09 bits per heavy atom. The van der Waals surface area contributed by atoms with Gasteiger partial charge in [-0.05, 0) is 24.7 Å². The van der Waals surface area contributed by atoms with Crippen LogP contribution in [0, 0.1) is 0 Å². The largest absolute Gasteiger partial charge is 0.353 e. The summed E-state index contributed by atoms with van der Waals surface area (Å²) in [5.41, 5.74) is 1.74. The van der Waals surface area contributed by atoms with Gasteiger partial charge in [-0.3, -0.25) is 4.79 Å². The predicted molar refractivity (Wildman–Crippen MR) is 91.6 cm³/mol. The smallest absolute Gasteiger partial charge is 0.255 e. The number of likely N-dealkylation sites (N-methyl/N-ethyl adjacent to an activating group) is 1. The zero-order valence-electron chi connectivity index (χ0n) is 13.4. The Hall–Kier alpha value is -2.40. The van der Waals surface area contributed by atoms with Gasteiger partial charge in [0.15, 0.2) is 0 Å². The molecule has 5 heteroatoms. The van der Waals surface area contributed by atoms with Crippen LogP contribution in [0.3, 0.4) is 0 Å². The molecule has 0 unspecified atom stereocenters. The van der Waals surface area contributed by atoms with Crippen LogP contribution in [0.15, 0.2) is 48.7 Å². The highest BCUT2D eigenvalue weighted by molar-refractivity contribution is 5.98. The van der Waals surface area contributed by atoms with Gasteiger partial charge in [0.1, 0.15) is 5.82 Å². The molecule has 1 aromatic heterocycles. The van der Waals surface area contributed by atoms with Crippen LogP contribution in [0.5, 0.6) is 0 Å². The molecule has 1 aliphatic heterocycles. The summed E-state index contributed by atoms with van der Waals surface area (Å²) in [4.78, 5) is 21.5. The number of carbonyl (C=O) groups excluding carboxylic acids is 1. The number of anilines is 1. The van der Waals surface area contributed by atoms with Crippen molar-refractivity contribution in [3.63, 3.8) is 0 Å². The third-order valence-electron chi connectivity index (χ3n) is 4.13. The summed E-state index contributed by atoms with van der Waals surface area (Å²) >= 11 is 0. The molecule has 3 rings (SSSR count). The van der Waals surface area contributed by atoms with E-state index in [0.717, 1.165) is 37.6 Å². The van der Waals surface area contributed by atoms with E-state index in [0.29, 0.717) is 12.1 Å². The molecule has 5 nitrogen and oxygen atoms in total. The monoisotopic (exact) mass is 310 g/mol. The van der Waals surface area contributed by atoms with Crippen molar-refractivity contribution in [3.05, 3.63) is 59.8 Å². The van der Waals surface area contributed by atoms with Crippen molar-refractivity contribution in [2.75, 3.05) is 38.1 Å². The predicted octanol–water partition coefficient (Wildman–Crippen LogP) is 1.76. The first-order valence-corrected chi connectivity index (χ1v) is 7.94. The van der Waals surface area contributed by atoms with Crippen LogP contribution in [-0.4, -0.2) is 49.0 Å². The van der Waals surface area contributed by atoms with Gasteiger partial charge in [-0.15, -0.1) is 0 Å². The number of amides is 1. The maximum Gasteiger partial charge on any atom is 0.255 e. The topological polar surface area (TPSA) is 48.5 Å². The molecule has 1 N–H and O–H groups in total. The molecule has 0 radical (unpaired) electrons. The number of hydrogen-bond acceptors (Lipinski definition) is 4. The van der Waals surface area contributed by atoms with Crippen LogP contribution >= 0.6 is 0 Å². The summed E-state index contributed by atoms with van der Waals surface area (Å²) in [6.07, 6.45) is 1.75. The maximum atomic E-state index is 12.6. The van der Waals surface area contributed by atoms with E-state index in [1.807, 2.05) is 42.5 Å². The minimum Gasteiger partial charge on any atom is -0.353 e. The van der Waals surface area contributed by atoms with Gasteiger partial charge in [0.05, 0.1) is 5.56 Å². The number of aromatic nitrogens is 1. The van der Waals surface area contributed by atoms with Gasteiger partial charge in [-0.1, -0.05) is 30.3 Å². The third kappa shape index (κ3) is 3.87. The SMILES string of the molecule is CN1CCN(c2ncccc2C(=O)NCc2ccccc2)CC1. The molecule has 1 aromatic carbocycles. The summed E-state index contributed by atoms with van der Waals surface area (Å²) in [7, 11) is 2.11. The average molecular weight is 310 g/mol. The van der Waals surface area contributed by atoms with Gasteiger partial charge in [0, 0.05) is 38.9 Å². The van der Waals surface area contributed by atoms with E-state index in [9.17, 15) is 4.79 Å². The first-order valence-electron chi connectivity index (χ1n) is 7.94. The summed E-state index contributed by atoms with van der Waals surface area (Å²) < 4.78 is 0. The molecule has 1 amide bonds. The van der Waals surface area contributed by atoms with Crippen molar-refractivity contribution in [2.24, 2.45) is 0 Å². The number of nitrogens with zero attached hydrogens (tertiary/aromatic N) is 3. The molecule has 0 bridgehead atoms. The van der Waals surface area contributed by atoms with Gasteiger partial charge in [-0.25, -0.2) is 4.98 Å². The highest BCUT2D eigenvalue weighted by Crippen LogP contribution is 2.18. The van der Waals surface area contributed by atoms with E-state index in [2.05, 4.69) is 27.1 Å². The van der Waals surface area contributed by atoms with Crippen LogP contribution in [0.2, 0.25) is 0 Å². The fraction of sp³-hybridized carbons (Fsp3) is 0.333. The van der Waals surface area contributed by atoms with E-state index in [-0.39, 0.29) is 5.91 Å². The van der Waals surface area contributed by atoms with Gasteiger partial charge in [0.25, 0.3) is 5.91 Å². The maximum absolute atomic E-state index is 12.6. The van der Waals surface area contributed by atoms with Crippen molar-refractivity contribution in [1.29, 1.82) is 0 Å². The van der Waals surface area contributed by atoms with Crippen LogP contribution in [0.25, 0.3) is 0 Å². The Morgan fingerprint density at radius 3 is 2.57 bits per heavy atom. The number of piperazine rings is 1. The minimum atomic E-state index is -0.0733. The van der Waals surface area contributed by atoms with Crippen molar-refractivity contribution in [1.82, 2.24) is 15.2 Å². The molecule has 23 heavy (non-hydrogen) atoms. The molecule has 0 atom stereocenters. The lowest BCUT2D eigenvalue weighted by molar-refractivity contribution is 0.0951. The molecule has 1 fully saturated rings. The molecular formula is C18H22N4O. The quantitative estimate of drug-likeness (QED) is 0.935. The average Bonchev–Trinajstić information content (AvgIpc) is 2.61. The van der Waals surface area contributed by atoms with Gasteiger partial charge >= 0.3 is 0 Å². The summed E-state index contributed by atoms with van der Waals surface area (Å²) in [6, 6.07) is 13.6. The highest BCUT2D eigenvalue weighted by Gasteiger charge is 2.20. The first-order chi connectivity index (χ1) is 11.2. The first kappa shape index (κ1) is 15.5. The third-order valence-corrected chi connectivity index (χ3v) is 4.13. The number of pyridine rings is 1. The Balaban J connectivity index is 1.70. The standard InChI is InChI=1S/C18H22N4O/c1-21-10-12-22(13-11-21)17-16(8-5-9-19-17)18(23)20-14-15-6-3-2-4-7-15/h2-9H,10-14H2,1H3,(H,20,23). The lowest BCUT2D eigenvalue weighted by Crippen LogP contribution is -2.45. The number of hydrogen-bond donors (Lipinski definition) is 1. The Bertz CT molecular complexity index is 651. The lowest BCUT2D eigenvalue weighted by atomic mass is 10.2. The zero-order valence-corrected chi connectivity index (χ0v) is 13.4. The fourth-order valence-electron chi connectivity index (χ4n) is 2.72. The lowest BCUT2D eigenvalue weighted by Gasteiger charge is -2.34. The second-order valence-corrected chi connectivity index (χ2v) is 5.83. The normalized spacial score (nSPS) is 15.4. The summed E-state index contributed by atoms with van der Waals surface area (Å²) in [5, 5.41) is 2.99. The molecule has 120 valence electrons. The van der Waals surface area contributed by atoms with Crippen molar-refractivity contribution < 1.29 is 4.79 Å². The minimum absolute atomic E-state index is 0.0733. The van der Waals surface area contributed by atoms with Crippen LogP contribution in [0.4, 0.5) is 5.82 Å². The van der Waals surface area contributed by atoms with E-state index < -0.39 is 0 Å². The number of carbonyl (C=O) groups is 1. The van der Waals surface area contributed by atoms with Crippen LogP contribution < -0.4 is 10.2 Å². The highest BCUT2D eigenvalue weighted by atomic mass is 16.1. The second kappa shape index (κ2) is 7.24. The van der Waals surface area contributed by atoms with E-state index in [1.54, 1.807) is 6.20 Å². The molecule has 1 aliphatic rings. The summed E-state index contributed by atoms with van der Waals surface area (Å²) in [6.45, 7) is 4.29. The van der Waals surface area contributed by atoms with Crippen molar-refractivity contribution >= 4 is 11.7 Å². The molecular weight excluding hydrogens is 288 g/mol. The molecule has 0 aliphatic carbocycles. The summed E-state index contributed by atoms with van der Waals surface area (Å²) in [5.74, 6) is 0.710. The molecule has 0 spiro atoms. The second-order valence-electron chi connectivity index (χ2n) is 5.83. The van der Waals surface area contributed by atoms with Gasteiger partial charge in [-0.2, -0.15) is 0 Å². The number of benzene rings is 1. The van der Waals surface area contributed by atoms with E-state index in [4.69, 9.17) is 0 Å². The van der Waals surface area contributed by atoms with Crippen molar-refractivity contribution in [2.45, 2.75) is 6.54 Å². The Labute approximate surface area is 136 Å². The Kier molecular flexibility index (Phi) is 4.88. The zero-order chi connectivity index (χ0) is 16.1. The van der Waals surface area contributed by atoms with Crippen LogP contribution in [0.1, 0.15) is 15.9 Å². The van der Waals surface area contributed by atoms with E-state index in [1.165, 1.54) is 0 Å². The van der Waals surface area contributed by atoms with E-state index >= 15 is 0 Å².